The third-order valence-electron chi connectivity index (χ3n) is 1.61. The standard InChI is InChI=1S/C8H9NO2.C3H7NO2/c10-8(11)6-9-7-4-2-1-3-5-7;1-2(4)3(5)6/h1-5,9H,6H2,(H,10,11);2H,4H2,1H3,(H,5,6)/t;2-/m.0/s1. The fraction of sp³-hybridized carbons (Fsp3) is 0.273. The Balaban J connectivity index is 0.000000366. The Bertz CT molecular complexity index is 352. The molecule has 0 amide bonds. The van der Waals surface area contributed by atoms with Crippen molar-refractivity contribution in [3.05, 3.63) is 30.3 Å². The van der Waals surface area contributed by atoms with E-state index in [1.54, 1.807) is 0 Å². The minimum absolute atomic E-state index is 0.0377. The molecule has 0 heterocycles. The van der Waals surface area contributed by atoms with Gasteiger partial charge in [-0.15, -0.1) is 0 Å². The lowest BCUT2D eigenvalue weighted by molar-refractivity contribution is -0.138. The first-order chi connectivity index (χ1) is 7.93. The van der Waals surface area contributed by atoms with Gasteiger partial charge in [0.15, 0.2) is 0 Å². The van der Waals surface area contributed by atoms with Gasteiger partial charge in [0.05, 0.1) is 0 Å². The Morgan fingerprint density at radius 3 is 2.12 bits per heavy atom. The maximum Gasteiger partial charge on any atom is 0.322 e. The van der Waals surface area contributed by atoms with E-state index < -0.39 is 18.0 Å². The van der Waals surface area contributed by atoms with E-state index in [1.807, 2.05) is 30.3 Å². The maximum atomic E-state index is 10.1. The molecule has 6 heteroatoms. The summed E-state index contributed by atoms with van der Waals surface area (Å²) in [6.45, 7) is 1.38. The summed E-state index contributed by atoms with van der Waals surface area (Å²) in [5.41, 5.74) is 5.66. The molecule has 0 saturated heterocycles. The van der Waals surface area contributed by atoms with Gasteiger partial charge >= 0.3 is 11.9 Å². The smallest absolute Gasteiger partial charge is 0.322 e. The van der Waals surface area contributed by atoms with Gasteiger partial charge in [-0.3, -0.25) is 9.59 Å². The molecule has 1 aromatic rings. The third-order valence-corrected chi connectivity index (χ3v) is 1.61. The zero-order chi connectivity index (χ0) is 13.3. The third kappa shape index (κ3) is 8.88. The van der Waals surface area contributed by atoms with Crippen LogP contribution in [0.3, 0.4) is 0 Å². The van der Waals surface area contributed by atoms with Crippen LogP contribution in [-0.4, -0.2) is 34.7 Å². The van der Waals surface area contributed by atoms with Gasteiger partial charge in [-0.05, 0) is 19.1 Å². The summed E-state index contributed by atoms with van der Waals surface area (Å²) in [6, 6.07) is 8.50. The van der Waals surface area contributed by atoms with Crippen molar-refractivity contribution in [2.45, 2.75) is 13.0 Å². The first kappa shape index (κ1) is 14.9. The van der Waals surface area contributed by atoms with Crippen molar-refractivity contribution in [2.75, 3.05) is 11.9 Å². The maximum absolute atomic E-state index is 10.1. The minimum Gasteiger partial charge on any atom is -0.480 e. The molecule has 1 atom stereocenters. The molecule has 0 aliphatic carbocycles. The molecule has 0 aromatic heterocycles. The molecule has 6 nitrogen and oxygen atoms in total. The Hall–Kier alpha value is -2.08. The largest absolute Gasteiger partial charge is 0.480 e. The number of carbonyl (C=O) groups is 2. The van der Waals surface area contributed by atoms with Gasteiger partial charge in [0.25, 0.3) is 0 Å². The van der Waals surface area contributed by atoms with Crippen LogP contribution in [0.2, 0.25) is 0 Å². The van der Waals surface area contributed by atoms with E-state index in [-0.39, 0.29) is 6.54 Å². The second-order valence-corrected chi connectivity index (χ2v) is 3.24. The highest BCUT2D eigenvalue weighted by atomic mass is 16.4. The molecule has 0 spiro atoms. The fourth-order valence-corrected chi connectivity index (χ4v) is 0.734. The highest BCUT2D eigenvalue weighted by molar-refractivity contribution is 5.72. The number of hydrogen-bond donors (Lipinski definition) is 4. The summed E-state index contributed by atoms with van der Waals surface area (Å²) in [5, 5.41) is 18.9. The van der Waals surface area contributed by atoms with Crippen molar-refractivity contribution in [1.29, 1.82) is 0 Å². The number of nitrogens with two attached hydrogens (primary N) is 1. The molecular formula is C11H16N2O4. The molecule has 5 N–H and O–H groups in total. The van der Waals surface area contributed by atoms with Crippen LogP contribution in [0, 0.1) is 0 Å². The zero-order valence-corrected chi connectivity index (χ0v) is 9.46. The number of aliphatic carboxylic acids is 2. The molecule has 0 saturated carbocycles. The van der Waals surface area contributed by atoms with E-state index in [2.05, 4.69) is 5.32 Å². The average molecular weight is 240 g/mol. The molecule has 0 unspecified atom stereocenters. The number of anilines is 1. The minimum atomic E-state index is -0.963. The van der Waals surface area contributed by atoms with Crippen molar-refractivity contribution in [3.63, 3.8) is 0 Å². The summed E-state index contributed by atoms with van der Waals surface area (Å²) in [5.74, 6) is -1.82. The van der Waals surface area contributed by atoms with Crippen LogP contribution in [0.1, 0.15) is 6.92 Å². The number of benzene rings is 1. The highest BCUT2D eigenvalue weighted by Gasteiger charge is 1.99. The van der Waals surface area contributed by atoms with E-state index in [9.17, 15) is 9.59 Å². The van der Waals surface area contributed by atoms with Crippen molar-refractivity contribution in [1.82, 2.24) is 0 Å². The molecule has 0 bridgehead atoms. The van der Waals surface area contributed by atoms with Gasteiger partial charge < -0.3 is 21.3 Å². The fourth-order valence-electron chi connectivity index (χ4n) is 0.734. The summed E-state index contributed by atoms with van der Waals surface area (Å²) in [4.78, 5) is 19.7. The quantitative estimate of drug-likeness (QED) is 0.613. The Kier molecular flexibility index (Phi) is 7.12. The lowest BCUT2D eigenvalue weighted by atomic mass is 10.3. The Labute approximate surface area is 99.1 Å². The van der Waals surface area contributed by atoms with Crippen molar-refractivity contribution in [3.8, 4) is 0 Å². The number of rotatable bonds is 4. The van der Waals surface area contributed by atoms with E-state index in [1.165, 1.54) is 6.92 Å². The molecule has 0 fully saturated rings. The number of nitrogens with one attached hydrogen (secondary N) is 1. The second-order valence-electron chi connectivity index (χ2n) is 3.24. The summed E-state index contributed by atoms with van der Waals surface area (Å²) in [6.07, 6.45) is 0. The monoisotopic (exact) mass is 240 g/mol. The predicted molar refractivity (Wildman–Crippen MR) is 63.9 cm³/mol. The summed E-state index contributed by atoms with van der Waals surface area (Å²) < 4.78 is 0. The lowest BCUT2D eigenvalue weighted by Gasteiger charge is -2.00. The predicted octanol–water partition coefficient (Wildman–Crippen LogP) is 0.601. The van der Waals surface area contributed by atoms with Crippen LogP contribution in [0.25, 0.3) is 0 Å². The molecule has 17 heavy (non-hydrogen) atoms. The molecule has 0 radical (unpaired) electrons. The van der Waals surface area contributed by atoms with Crippen LogP contribution < -0.4 is 11.1 Å². The first-order valence-corrected chi connectivity index (χ1v) is 4.92. The van der Waals surface area contributed by atoms with Crippen molar-refractivity contribution < 1.29 is 19.8 Å². The second kappa shape index (κ2) is 8.12. The van der Waals surface area contributed by atoms with Gasteiger partial charge in [0.1, 0.15) is 12.6 Å². The normalized spacial score (nSPS) is 10.7. The zero-order valence-electron chi connectivity index (χ0n) is 9.46. The molecule has 94 valence electrons. The molecular weight excluding hydrogens is 224 g/mol. The van der Waals surface area contributed by atoms with Gasteiger partial charge in [0.2, 0.25) is 0 Å². The highest BCUT2D eigenvalue weighted by Crippen LogP contribution is 2.03. The number of carboxylic acids is 2. The van der Waals surface area contributed by atoms with Crippen LogP contribution in [0.4, 0.5) is 5.69 Å². The van der Waals surface area contributed by atoms with Crippen LogP contribution >= 0.6 is 0 Å². The summed E-state index contributed by atoms with van der Waals surface area (Å²) >= 11 is 0. The van der Waals surface area contributed by atoms with E-state index in [0.29, 0.717) is 0 Å². The molecule has 0 aliphatic heterocycles. The van der Waals surface area contributed by atoms with E-state index in [0.717, 1.165) is 5.69 Å². The van der Waals surface area contributed by atoms with Crippen LogP contribution in [0.15, 0.2) is 30.3 Å². The average Bonchev–Trinajstić information content (AvgIpc) is 2.28. The van der Waals surface area contributed by atoms with Crippen LogP contribution in [-0.2, 0) is 9.59 Å². The van der Waals surface area contributed by atoms with Gasteiger partial charge in [-0.2, -0.15) is 0 Å². The number of para-hydroxylation sites is 1. The van der Waals surface area contributed by atoms with Gasteiger partial charge in [0, 0.05) is 5.69 Å². The van der Waals surface area contributed by atoms with Crippen molar-refractivity contribution in [2.24, 2.45) is 5.73 Å². The SMILES string of the molecule is C[C@H](N)C(=O)O.O=C(O)CNc1ccccc1. The van der Waals surface area contributed by atoms with E-state index in [4.69, 9.17) is 15.9 Å². The Morgan fingerprint density at radius 1 is 1.29 bits per heavy atom. The molecule has 1 aromatic carbocycles. The lowest BCUT2D eigenvalue weighted by Crippen LogP contribution is -2.25. The van der Waals surface area contributed by atoms with Gasteiger partial charge in [-0.1, -0.05) is 18.2 Å². The number of carboxylic acid groups (broad SMARTS) is 2. The Morgan fingerprint density at radius 2 is 1.76 bits per heavy atom. The molecule has 1 rings (SSSR count). The van der Waals surface area contributed by atoms with E-state index >= 15 is 0 Å². The number of hydrogen-bond acceptors (Lipinski definition) is 4. The first-order valence-electron chi connectivity index (χ1n) is 4.92. The van der Waals surface area contributed by atoms with Crippen LogP contribution in [0.5, 0.6) is 0 Å². The topological polar surface area (TPSA) is 113 Å². The summed E-state index contributed by atoms with van der Waals surface area (Å²) in [7, 11) is 0. The molecule has 0 aliphatic rings. The van der Waals surface area contributed by atoms with Crippen molar-refractivity contribution >= 4 is 17.6 Å². The van der Waals surface area contributed by atoms with Gasteiger partial charge in [-0.25, -0.2) is 0 Å².